The highest BCUT2D eigenvalue weighted by atomic mass is 16.5. The second-order valence-electron chi connectivity index (χ2n) is 8.61. The molecule has 1 aliphatic heterocycles. The topological polar surface area (TPSA) is 32.7 Å². The van der Waals surface area contributed by atoms with E-state index in [1.165, 1.54) is 51.5 Å². The zero-order valence-corrected chi connectivity index (χ0v) is 13.3. The summed E-state index contributed by atoms with van der Waals surface area (Å²) < 4.78 is 5.54. The van der Waals surface area contributed by atoms with Gasteiger partial charge in [0.25, 0.3) is 0 Å². The van der Waals surface area contributed by atoms with Crippen LogP contribution in [0.2, 0.25) is 0 Å². The van der Waals surface area contributed by atoms with Crippen molar-refractivity contribution in [2.24, 2.45) is 29.1 Å². The predicted molar refractivity (Wildman–Crippen MR) is 83.1 cm³/mol. The van der Waals surface area contributed by atoms with E-state index in [1.54, 1.807) is 0 Å². The molecule has 1 heterocycles. The van der Waals surface area contributed by atoms with E-state index in [0.717, 1.165) is 44.1 Å². The Balaban J connectivity index is 1.42. The van der Waals surface area contributed by atoms with Crippen molar-refractivity contribution in [3.05, 3.63) is 0 Å². The zero-order chi connectivity index (χ0) is 14.3. The number of ether oxygens (including phenoxy) is 1. The molecule has 1 saturated heterocycles. The Bertz CT molecular complexity index is 329. The Morgan fingerprint density at radius 2 is 1.71 bits per heavy atom. The summed E-state index contributed by atoms with van der Waals surface area (Å²) in [5.41, 5.74) is 0.601. The average Bonchev–Trinajstić information content (AvgIpc) is 2.89. The lowest BCUT2D eigenvalue weighted by atomic mass is 9.49. The Labute approximate surface area is 129 Å². The van der Waals surface area contributed by atoms with Crippen molar-refractivity contribution in [2.75, 3.05) is 39.5 Å². The van der Waals surface area contributed by atoms with Gasteiger partial charge in [0.2, 0.25) is 0 Å². The minimum atomic E-state index is 0.305. The highest BCUT2D eigenvalue weighted by molar-refractivity contribution is 5.02. The Morgan fingerprint density at radius 3 is 2.24 bits per heavy atom. The second kappa shape index (κ2) is 5.82. The fraction of sp³-hybridized carbons (Fsp3) is 1.00. The lowest BCUT2D eigenvalue weighted by molar-refractivity contribution is -0.0719. The van der Waals surface area contributed by atoms with Gasteiger partial charge < -0.3 is 14.7 Å². The largest absolute Gasteiger partial charge is 0.395 e. The fourth-order valence-electron chi connectivity index (χ4n) is 6.43. The van der Waals surface area contributed by atoms with Crippen molar-refractivity contribution in [3.8, 4) is 0 Å². The molecule has 21 heavy (non-hydrogen) atoms. The summed E-state index contributed by atoms with van der Waals surface area (Å²) in [4.78, 5) is 2.58. The minimum Gasteiger partial charge on any atom is -0.395 e. The zero-order valence-electron chi connectivity index (χ0n) is 13.3. The molecule has 5 rings (SSSR count). The van der Waals surface area contributed by atoms with E-state index in [2.05, 4.69) is 4.90 Å². The van der Waals surface area contributed by atoms with E-state index in [0.29, 0.717) is 17.9 Å². The first-order valence-electron chi connectivity index (χ1n) is 9.16. The summed E-state index contributed by atoms with van der Waals surface area (Å²) >= 11 is 0. The highest BCUT2D eigenvalue weighted by Crippen LogP contribution is 2.60. The van der Waals surface area contributed by atoms with Crippen LogP contribution in [0.1, 0.15) is 44.9 Å². The van der Waals surface area contributed by atoms with Crippen LogP contribution in [0.3, 0.4) is 0 Å². The van der Waals surface area contributed by atoms with Crippen molar-refractivity contribution in [1.29, 1.82) is 0 Å². The van der Waals surface area contributed by atoms with E-state index in [4.69, 9.17) is 4.74 Å². The molecule has 0 unspecified atom stereocenters. The average molecular weight is 293 g/mol. The van der Waals surface area contributed by atoms with Crippen LogP contribution in [0, 0.1) is 29.1 Å². The number of aliphatic hydroxyl groups excluding tert-OH is 1. The summed E-state index contributed by atoms with van der Waals surface area (Å²) in [6.45, 7) is 5.42. The SMILES string of the molecule is OCCN(C[C@H]1CCOC1)CC12CC3CC(CC(C3)C1)C2. The lowest BCUT2D eigenvalue weighted by Gasteiger charge is -2.58. The van der Waals surface area contributed by atoms with Crippen molar-refractivity contribution in [3.63, 3.8) is 0 Å². The number of nitrogens with zero attached hydrogens (tertiary/aromatic N) is 1. The maximum absolute atomic E-state index is 9.45. The molecular weight excluding hydrogens is 262 g/mol. The van der Waals surface area contributed by atoms with Crippen LogP contribution in [-0.2, 0) is 4.74 Å². The van der Waals surface area contributed by atoms with Crippen molar-refractivity contribution in [1.82, 2.24) is 4.90 Å². The van der Waals surface area contributed by atoms with Crippen LogP contribution in [0.5, 0.6) is 0 Å². The molecule has 120 valence electrons. The second-order valence-corrected chi connectivity index (χ2v) is 8.61. The molecule has 1 N–H and O–H groups in total. The summed E-state index contributed by atoms with van der Waals surface area (Å²) in [5, 5.41) is 9.45. The molecule has 5 aliphatic rings. The van der Waals surface area contributed by atoms with Gasteiger partial charge in [0.05, 0.1) is 13.2 Å². The van der Waals surface area contributed by atoms with Gasteiger partial charge in [0.15, 0.2) is 0 Å². The van der Waals surface area contributed by atoms with Gasteiger partial charge in [-0.1, -0.05) is 0 Å². The molecule has 4 bridgehead atoms. The third-order valence-electron chi connectivity index (χ3n) is 6.68. The Morgan fingerprint density at radius 1 is 1.05 bits per heavy atom. The van der Waals surface area contributed by atoms with Crippen molar-refractivity contribution in [2.45, 2.75) is 44.9 Å². The Hall–Kier alpha value is -0.120. The summed E-state index contributed by atoms with van der Waals surface area (Å²) in [6.07, 6.45) is 10.2. The number of aliphatic hydroxyl groups is 1. The van der Waals surface area contributed by atoms with Crippen LogP contribution in [0.25, 0.3) is 0 Å². The number of hydrogen-bond donors (Lipinski definition) is 1. The molecule has 3 heteroatoms. The summed E-state index contributed by atoms with van der Waals surface area (Å²) in [5.74, 6) is 3.79. The first kappa shape index (κ1) is 14.5. The van der Waals surface area contributed by atoms with Crippen LogP contribution in [-0.4, -0.2) is 49.5 Å². The highest BCUT2D eigenvalue weighted by Gasteiger charge is 2.51. The molecule has 0 aromatic heterocycles. The van der Waals surface area contributed by atoms with E-state index in [1.807, 2.05) is 0 Å². The first-order chi connectivity index (χ1) is 10.2. The molecule has 4 saturated carbocycles. The maximum Gasteiger partial charge on any atom is 0.0558 e. The van der Waals surface area contributed by atoms with Gasteiger partial charge in [-0.2, -0.15) is 0 Å². The monoisotopic (exact) mass is 293 g/mol. The van der Waals surface area contributed by atoms with Gasteiger partial charge in [-0.15, -0.1) is 0 Å². The fourth-order valence-corrected chi connectivity index (χ4v) is 6.43. The van der Waals surface area contributed by atoms with E-state index in [9.17, 15) is 5.11 Å². The Kier molecular flexibility index (Phi) is 4.01. The maximum atomic E-state index is 9.45. The third kappa shape index (κ3) is 3.02. The van der Waals surface area contributed by atoms with Crippen molar-refractivity contribution < 1.29 is 9.84 Å². The third-order valence-corrected chi connectivity index (χ3v) is 6.68. The molecule has 1 atom stereocenters. The molecule has 0 aromatic carbocycles. The van der Waals surface area contributed by atoms with Crippen LogP contribution < -0.4 is 0 Å². The number of rotatable bonds is 6. The molecule has 0 radical (unpaired) electrons. The van der Waals surface area contributed by atoms with Gasteiger partial charge in [0.1, 0.15) is 0 Å². The van der Waals surface area contributed by atoms with E-state index < -0.39 is 0 Å². The quantitative estimate of drug-likeness (QED) is 0.817. The molecular formula is C18H31NO2. The molecule has 5 fully saturated rings. The summed E-state index contributed by atoms with van der Waals surface area (Å²) in [7, 11) is 0. The van der Waals surface area contributed by atoms with Crippen LogP contribution >= 0.6 is 0 Å². The van der Waals surface area contributed by atoms with Gasteiger partial charge in [-0.25, -0.2) is 0 Å². The lowest BCUT2D eigenvalue weighted by Crippen LogP contribution is -2.52. The van der Waals surface area contributed by atoms with Gasteiger partial charge in [0, 0.05) is 26.2 Å². The molecule has 3 nitrogen and oxygen atoms in total. The predicted octanol–water partition coefficient (Wildman–Crippen LogP) is 2.53. The van der Waals surface area contributed by atoms with E-state index >= 15 is 0 Å². The van der Waals surface area contributed by atoms with Crippen molar-refractivity contribution >= 4 is 0 Å². The van der Waals surface area contributed by atoms with Gasteiger partial charge in [-0.3, -0.25) is 0 Å². The minimum absolute atomic E-state index is 0.305. The van der Waals surface area contributed by atoms with Crippen LogP contribution in [0.15, 0.2) is 0 Å². The molecule has 4 aliphatic carbocycles. The first-order valence-corrected chi connectivity index (χ1v) is 9.16. The summed E-state index contributed by atoms with van der Waals surface area (Å²) in [6, 6.07) is 0. The number of hydrogen-bond acceptors (Lipinski definition) is 3. The molecule has 0 aromatic rings. The van der Waals surface area contributed by atoms with Gasteiger partial charge >= 0.3 is 0 Å². The standard InChI is InChI=1S/C18H31NO2/c20-3-2-19(11-14-1-4-21-12-14)13-18-8-15-5-16(9-18)7-17(6-15)10-18/h14-17,20H,1-13H2/t14-,15?,16?,17?,18?/m1/s1. The molecule has 0 amide bonds. The molecule has 0 spiro atoms. The smallest absolute Gasteiger partial charge is 0.0558 e. The van der Waals surface area contributed by atoms with Crippen LogP contribution in [0.4, 0.5) is 0 Å². The van der Waals surface area contributed by atoms with E-state index in [-0.39, 0.29) is 0 Å². The van der Waals surface area contributed by atoms with Gasteiger partial charge in [-0.05, 0) is 74.0 Å². The normalized spacial score (nSPS) is 44.9.